The number of carbonyl (C=O) groups excluding carboxylic acids is 3. The Hall–Kier alpha value is -3.98. The van der Waals surface area contributed by atoms with Crippen molar-refractivity contribution in [3.05, 3.63) is 81.4 Å². The van der Waals surface area contributed by atoms with Gasteiger partial charge in [-0.2, -0.15) is 0 Å². The molecular weight excluding hydrogens is 456 g/mol. The molecule has 9 heteroatoms. The Morgan fingerprint density at radius 2 is 1.68 bits per heavy atom. The molecule has 2 aromatic carbocycles. The molecule has 1 N–H and O–H groups in total. The third-order valence-electron chi connectivity index (χ3n) is 5.56. The van der Waals surface area contributed by atoms with Crippen LogP contribution in [0.25, 0.3) is 5.76 Å². The first-order valence-corrected chi connectivity index (χ1v) is 11.2. The highest BCUT2D eigenvalue weighted by atomic mass is 32.1. The number of hydrogen-bond acceptors (Lipinski definition) is 8. The summed E-state index contributed by atoms with van der Waals surface area (Å²) in [5.41, 5.74) is 2.29. The Morgan fingerprint density at radius 3 is 2.26 bits per heavy atom. The number of anilines is 1. The molecule has 4 rings (SSSR count). The zero-order chi connectivity index (χ0) is 24.6. The Morgan fingerprint density at radius 1 is 1.03 bits per heavy atom. The number of ether oxygens (including phenoxy) is 2. The average molecular weight is 479 g/mol. The predicted molar refractivity (Wildman–Crippen MR) is 127 cm³/mol. The fourth-order valence-corrected chi connectivity index (χ4v) is 4.78. The van der Waals surface area contributed by atoms with Gasteiger partial charge in [-0.3, -0.25) is 14.5 Å². The SMILES string of the molecule is COC(=O)c1sc(N2C(=O)C(=O)/C(=C(/O)c3ccc(OC)cc3)C2c2ccc(C)cc2)nc1C. The molecule has 0 bridgehead atoms. The third-order valence-corrected chi connectivity index (χ3v) is 6.70. The monoisotopic (exact) mass is 478 g/mol. The van der Waals surface area contributed by atoms with E-state index in [-0.39, 0.29) is 21.3 Å². The Kier molecular flexibility index (Phi) is 6.21. The number of rotatable bonds is 5. The van der Waals surface area contributed by atoms with E-state index in [9.17, 15) is 19.5 Å². The second-order valence-corrected chi connectivity index (χ2v) is 8.69. The van der Waals surface area contributed by atoms with Gasteiger partial charge in [0.2, 0.25) is 0 Å². The van der Waals surface area contributed by atoms with Gasteiger partial charge >= 0.3 is 11.9 Å². The second-order valence-electron chi connectivity index (χ2n) is 7.71. The van der Waals surface area contributed by atoms with Crippen LogP contribution in [0.4, 0.5) is 5.13 Å². The van der Waals surface area contributed by atoms with E-state index in [4.69, 9.17) is 9.47 Å². The number of ketones is 1. The second kappa shape index (κ2) is 9.11. The van der Waals surface area contributed by atoms with Gasteiger partial charge in [0.05, 0.1) is 31.5 Å². The molecule has 0 aliphatic carbocycles. The number of Topliss-reactive ketones (excluding diaryl/α,β-unsaturated/α-hetero) is 1. The lowest BCUT2D eigenvalue weighted by Gasteiger charge is -2.23. The molecule has 8 nitrogen and oxygen atoms in total. The van der Waals surface area contributed by atoms with E-state index >= 15 is 0 Å². The molecule has 34 heavy (non-hydrogen) atoms. The number of hydrogen-bond donors (Lipinski definition) is 1. The first-order chi connectivity index (χ1) is 16.3. The number of aliphatic hydroxyl groups excluding tert-OH is 1. The number of aromatic nitrogens is 1. The molecule has 1 amide bonds. The summed E-state index contributed by atoms with van der Waals surface area (Å²) in [6.45, 7) is 3.55. The zero-order valence-electron chi connectivity index (χ0n) is 19.0. The number of aliphatic hydroxyl groups is 1. The van der Waals surface area contributed by atoms with E-state index in [1.807, 2.05) is 19.1 Å². The zero-order valence-corrected chi connectivity index (χ0v) is 19.8. The lowest BCUT2D eigenvalue weighted by Crippen LogP contribution is -2.29. The molecule has 174 valence electrons. The van der Waals surface area contributed by atoms with E-state index in [0.717, 1.165) is 16.9 Å². The summed E-state index contributed by atoms with van der Waals surface area (Å²) in [5.74, 6) is -1.99. The molecule has 1 aliphatic rings. The van der Waals surface area contributed by atoms with Crippen LogP contribution in [-0.4, -0.2) is 42.0 Å². The molecule has 1 aromatic heterocycles. The highest BCUT2D eigenvalue weighted by Gasteiger charge is 2.48. The molecular formula is C25H22N2O6S. The minimum atomic E-state index is -0.932. The lowest BCUT2D eigenvalue weighted by atomic mass is 9.95. The fourth-order valence-electron chi connectivity index (χ4n) is 3.77. The van der Waals surface area contributed by atoms with Crippen LogP contribution in [0.1, 0.15) is 38.1 Å². The molecule has 1 saturated heterocycles. The Labute approximate surface area is 200 Å². The van der Waals surface area contributed by atoms with Gasteiger partial charge in [-0.15, -0.1) is 0 Å². The van der Waals surface area contributed by atoms with Crippen molar-refractivity contribution in [1.29, 1.82) is 0 Å². The van der Waals surface area contributed by atoms with Gasteiger partial charge < -0.3 is 14.6 Å². The predicted octanol–water partition coefficient (Wildman–Crippen LogP) is 4.18. The maximum atomic E-state index is 13.2. The van der Waals surface area contributed by atoms with Gasteiger partial charge in [0.25, 0.3) is 5.78 Å². The van der Waals surface area contributed by atoms with Crippen molar-refractivity contribution in [2.45, 2.75) is 19.9 Å². The van der Waals surface area contributed by atoms with E-state index in [0.29, 0.717) is 22.6 Å². The number of thiazole rings is 1. The number of methoxy groups -OCH3 is 2. The standard InChI is InChI=1S/C25H22N2O6S/c1-13-5-7-15(8-6-13)19-18(20(28)16-9-11-17(32-3)12-10-16)21(29)23(30)27(19)25-26-14(2)22(34-25)24(31)33-4/h5-12,19,28H,1-4H3/b20-18+. The number of amides is 1. The highest BCUT2D eigenvalue weighted by Crippen LogP contribution is 2.44. The van der Waals surface area contributed by atoms with Crippen molar-refractivity contribution < 1.29 is 29.0 Å². The largest absolute Gasteiger partial charge is 0.507 e. The average Bonchev–Trinajstić information content (AvgIpc) is 3.35. The van der Waals surface area contributed by atoms with Gasteiger partial charge in [-0.1, -0.05) is 41.2 Å². The van der Waals surface area contributed by atoms with E-state index < -0.39 is 23.7 Å². The van der Waals surface area contributed by atoms with Crippen LogP contribution in [0.15, 0.2) is 54.1 Å². The van der Waals surface area contributed by atoms with Crippen molar-refractivity contribution in [2.24, 2.45) is 0 Å². The normalized spacial score (nSPS) is 17.2. The minimum Gasteiger partial charge on any atom is -0.507 e. The number of benzene rings is 2. The molecule has 2 heterocycles. The maximum absolute atomic E-state index is 13.2. The number of aryl methyl sites for hydroxylation is 2. The van der Waals surface area contributed by atoms with Gasteiger partial charge in [0.15, 0.2) is 5.13 Å². The van der Waals surface area contributed by atoms with Crippen molar-refractivity contribution >= 4 is 39.9 Å². The highest BCUT2D eigenvalue weighted by molar-refractivity contribution is 7.17. The smallest absolute Gasteiger partial charge is 0.350 e. The molecule has 3 aromatic rings. The van der Waals surface area contributed by atoms with Crippen LogP contribution in [-0.2, 0) is 14.3 Å². The maximum Gasteiger partial charge on any atom is 0.350 e. The molecule has 0 radical (unpaired) electrons. The van der Waals surface area contributed by atoms with Crippen molar-refractivity contribution in [3.8, 4) is 5.75 Å². The molecule has 1 unspecified atom stereocenters. The first kappa shape index (κ1) is 23.2. The van der Waals surface area contributed by atoms with E-state index in [1.54, 1.807) is 43.3 Å². The molecule has 0 spiro atoms. The van der Waals surface area contributed by atoms with E-state index in [2.05, 4.69) is 4.98 Å². The fraction of sp³-hybridized carbons (Fsp3) is 0.200. The minimum absolute atomic E-state index is 0.0634. The van der Waals surface area contributed by atoms with Crippen LogP contribution in [0.3, 0.4) is 0 Å². The van der Waals surface area contributed by atoms with Crippen LogP contribution in [0.5, 0.6) is 5.75 Å². The Bertz CT molecular complexity index is 1310. The topological polar surface area (TPSA) is 106 Å². The van der Waals surface area contributed by atoms with Crippen molar-refractivity contribution in [2.75, 3.05) is 19.1 Å². The van der Waals surface area contributed by atoms with Crippen LogP contribution in [0.2, 0.25) is 0 Å². The van der Waals surface area contributed by atoms with Gasteiger partial charge in [-0.25, -0.2) is 9.78 Å². The van der Waals surface area contributed by atoms with E-state index in [1.165, 1.54) is 19.1 Å². The summed E-state index contributed by atoms with van der Waals surface area (Å²) in [4.78, 5) is 44.4. The number of carbonyl (C=O) groups is 3. The van der Waals surface area contributed by atoms with Crippen LogP contribution >= 0.6 is 11.3 Å². The summed E-state index contributed by atoms with van der Waals surface area (Å²) >= 11 is 0.958. The summed E-state index contributed by atoms with van der Waals surface area (Å²) in [6, 6.07) is 12.9. The lowest BCUT2D eigenvalue weighted by molar-refractivity contribution is -0.132. The molecule has 1 atom stereocenters. The van der Waals surface area contributed by atoms with Crippen molar-refractivity contribution in [1.82, 2.24) is 4.98 Å². The quantitative estimate of drug-likeness (QED) is 0.254. The van der Waals surface area contributed by atoms with Gasteiger partial charge in [-0.05, 0) is 43.7 Å². The Balaban J connectivity index is 1.91. The summed E-state index contributed by atoms with van der Waals surface area (Å²) in [7, 11) is 2.78. The number of nitrogens with zero attached hydrogens (tertiary/aromatic N) is 2. The van der Waals surface area contributed by atoms with Crippen LogP contribution in [0, 0.1) is 13.8 Å². The molecule has 1 fully saturated rings. The van der Waals surface area contributed by atoms with Gasteiger partial charge in [0, 0.05) is 5.56 Å². The van der Waals surface area contributed by atoms with Gasteiger partial charge in [0.1, 0.15) is 16.4 Å². The molecule has 0 saturated carbocycles. The number of esters is 1. The summed E-state index contributed by atoms with van der Waals surface area (Å²) in [5, 5.41) is 11.3. The third kappa shape index (κ3) is 3.94. The summed E-state index contributed by atoms with van der Waals surface area (Å²) in [6.07, 6.45) is 0. The summed E-state index contributed by atoms with van der Waals surface area (Å²) < 4.78 is 9.96. The molecule has 1 aliphatic heterocycles. The van der Waals surface area contributed by atoms with Crippen LogP contribution < -0.4 is 9.64 Å². The first-order valence-electron chi connectivity index (χ1n) is 10.3. The van der Waals surface area contributed by atoms with Crippen molar-refractivity contribution in [3.63, 3.8) is 0 Å².